The number of dihydropyridines is 1. The van der Waals surface area contributed by atoms with Gasteiger partial charge in [0, 0.05) is 24.4 Å². The Kier molecular flexibility index (Phi) is 11.7. The van der Waals surface area contributed by atoms with Gasteiger partial charge in [-0.25, -0.2) is 9.59 Å². The number of non-ortho nitro benzene ring substituents is 1. The first-order chi connectivity index (χ1) is 20.4. The predicted octanol–water partition coefficient (Wildman–Crippen LogP) is 3.90. The molecule has 2 aromatic carbocycles. The summed E-state index contributed by atoms with van der Waals surface area (Å²) in [6.45, 7) is 1.96. The van der Waals surface area contributed by atoms with E-state index >= 15 is 0 Å². The highest BCUT2D eigenvalue weighted by Gasteiger charge is 2.47. The highest BCUT2D eigenvalue weighted by molar-refractivity contribution is 6.00. The topological polar surface area (TPSA) is 149 Å². The number of allylic oxidation sites excluding steroid dienone is 2. The molecule has 0 saturated heterocycles. The molecule has 0 aromatic heterocycles. The van der Waals surface area contributed by atoms with E-state index in [4.69, 9.17) is 9.47 Å². The molecule has 0 radical (unpaired) electrons. The van der Waals surface area contributed by atoms with Crippen LogP contribution in [-0.2, 0) is 19.1 Å². The molecule has 43 heavy (non-hydrogen) atoms. The highest BCUT2D eigenvalue weighted by atomic mass is 19.4. The Morgan fingerprint density at radius 1 is 1.09 bits per heavy atom. The Bertz CT molecular complexity index is 1360. The van der Waals surface area contributed by atoms with Crippen LogP contribution in [0.1, 0.15) is 31.2 Å². The molecule has 2 aromatic rings. The molecule has 3 N–H and O–H groups in total. The molecule has 232 valence electrons. The number of aliphatic hydroxyl groups is 1. The number of nitrogens with zero attached hydrogens (tertiary/aromatic N) is 1. The van der Waals surface area contributed by atoms with Crippen molar-refractivity contribution in [1.82, 2.24) is 10.6 Å². The molecule has 0 bridgehead atoms. The number of halogens is 3. The third-order valence-corrected chi connectivity index (χ3v) is 6.43. The van der Waals surface area contributed by atoms with Gasteiger partial charge in [-0.3, -0.25) is 10.1 Å². The summed E-state index contributed by atoms with van der Waals surface area (Å²) in [6.07, 6.45) is -4.87. The number of carbonyl (C=O) groups is 2. The Balaban J connectivity index is 1.65. The minimum atomic E-state index is -5.03. The molecule has 3 rings (SSSR count). The summed E-state index contributed by atoms with van der Waals surface area (Å²) in [4.78, 5) is 36.5. The number of para-hydroxylation sites is 1. The van der Waals surface area contributed by atoms with Crippen LogP contribution < -0.4 is 15.4 Å². The van der Waals surface area contributed by atoms with Crippen LogP contribution in [0.5, 0.6) is 5.75 Å². The number of methoxy groups -OCH3 is 1. The third kappa shape index (κ3) is 9.03. The fraction of sp³-hybridized carbons (Fsp3) is 0.379. The van der Waals surface area contributed by atoms with Crippen molar-refractivity contribution in [3.8, 4) is 5.75 Å². The van der Waals surface area contributed by atoms with Gasteiger partial charge in [-0.1, -0.05) is 30.3 Å². The first kappa shape index (κ1) is 33.1. The molecular weight excluding hydrogens is 575 g/mol. The Morgan fingerprint density at radius 3 is 2.47 bits per heavy atom. The molecule has 11 nitrogen and oxygen atoms in total. The number of rotatable bonds is 14. The predicted molar refractivity (Wildman–Crippen MR) is 148 cm³/mol. The van der Waals surface area contributed by atoms with E-state index in [1.807, 2.05) is 18.2 Å². The van der Waals surface area contributed by atoms with E-state index in [9.17, 15) is 38.0 Å². The average molecular weight is 608 g/mol. The van der Waals surface area contributed by atoms with Crippen molar-refractivity contribution in [3.63, 3.8) is 0 Å². The Labute approximate surface area is 245 Å². The Morgan fingerprint density at radius 2 is 1.81 bits per heavy atom. The van der Waals surface area contributed by atoms with Crippen molar-refractivity contribution >= 4 is 17.6 Å². The van der Waals surface area contributed by atoms with Gasteiger partial charge in [-0.15, -0.1) is 0 Å². The molecule has 2 atom stereocenters. The monoisotopic (exact) mass is 607 g/mol. The second-order valence-corrected chi connectivity index (χ2v) is 9.55. The van der Waals surface area contributed by atoms with Gasteiger partial charge in [0.25, 0.3) is 5.69 Å². The van der Waals surface area contributed by atoms with Crippen molar-refractivity contribution in [2.75, 3.05) is 33.4 Å². The van der Waals surface area contributed by atoms with E-state index in [2.05, 4.69) is 15.4 Å². The lowest BCUT2D eigenvalue weighted by Gasteiger charge is -2.31. The van der Waals surface area contributed by atoms with E-state index in [1.54, 1.807) is 12.1 Å². The molecule has 0 spiro atoms. The lowest BCUT2D eigenvalue weighted by Crippen LogP contribution is -2.38. The SMILES string of the molecule is COC(=O)C1=C(C(F)(F)F)NC(C)=C(C(=O)OCCCCNCC(O)COc2ccccc2)C1c1cccc([N+](=O)[O-])c1. The lowest BCUT2D eigenvalue weighted by molar-refractivity contribution is -0.384. The molecule has 2 unspecified atom stereocenters. The quantitative estimate of drug-likeness (QED) is 0.125. The first-order valence-electron chi connectivity index (χ1n) is 13.3. The summed E-state index contributed by atoms with van der Waals surface area (Å²) in [6, 6.07) is 13.7. The zero-order chi connectivity index (χ0) is 31.6. The van der Waals surface area contributed by atoms with Crippen molar-refractivity contribution in [1.29, 1.82) is 0 Å². The molecule has 1 aliphatic heterocycles. The van der Waals surface area contributed by atoms with Gasteiger partial charge in [0.15, 0.2) is 0 Å². The molecule has 0 fully saturated rings. The van der Waals surface area contributed by atoms with Gasteiger partial charge >= 0.3 is 18.1 Å². The number of nitrogens with one attached hydrogen (secondary N) is 2. The molecule has 0 aliphatic carbocycles. The van der Waals surface area contributed by atoms with Crippen LogP contribution in [0.25, 0.3) is 0 Å². The van der Waals surface area contributed by atoms with E-state index in [-0.39, 0.29) is 36.6 Å². The van der Waals surface area contributed by atoms with Gasteiger partial charge in [-0.2, -0.15) is 13.2 Å². The van der Waals surface area contributed by atoms with Gasteiger partial charge in [0.1, 0.15) is 24.2 Å². The van der Waals surface area contributed by atoms with Crippen molar-refractivity contribution in [2.24, 2.45) is 0 Å². The first-order valence-corrected chi connectivity index (χ1v) is 13.3. The van der Waals surface area contributed by atoms with Crippen LogP contribution in [-0.4, -0.2) is 67.7 Å². The zero-order valence-electron chi connectivity index (χ0n) is 23.5. The van der Waals surface area contributed by atoms with Crippen LogP contribution in [0.3, 0.4) is 0 Å². The fourth-order valence-corrected chi connectivity index (χ4v) is 4.43. The summed E-state index contributed by atoms with van der Waals surface area (Å²) < 4.78 is 57.5. The number of ether oxygens (including phenoxy) is 3. The number of alkyl halides is 3. The van der Waals surface area contributed by atoms with Gasteiger partial charge in [0.05, 0.1) is 35.7 Å². The third-order valence-electron chi connectivity index (χ3n) is 6.43. The molecule has 1 heterocycles. The van der Waals surface area contributed by atoms with Crippen molar-refractivity contribution < 1.29 is 47.0 Å². The number of unbranched alkanes of at least 4 members (excludes halogenated alkanes) is 1. The van der Waals surface area contributed by atoms with Gasteiger partial charge in [-0.05, 0) is 44.0 Å². The van der Waals surface area contributed by atoms with Gasteiger partial charge in [0.2, 0.25) is 0 Å². The summed E-state index contributed by atoms with van der Waals surface area (Å²) in [5.41, 5.74) is -3.44. The number of nitro groups is 1. The standard InChI is InChI=1S/C29H32F3N3O8/c1-18-23(28(38)42-14-7-6-13-33-16-21(36)17-43-22-11-4-3-5-12-22)24(19-9-8-10-20(15-19)35(39)40)25(27(37)41-2)26(34-18)29(30,31)32/h3-5,8-12,15,21,24,33-34,36H,6-7,13-14,16-17H2,1-2H3. The van der Waals surface area contributed by atoms with Crippen LogP contribution in [0, 0.1) is 10.1 Å². The van der Waals surface area contributed by atoms with Crippen LogP contribution in [0.4, 0.5) is 18.9 Å². The van der Waals surface area contributed by atoms with E-state index < -0.39 is 52.0 Å². The number of carbonyl (C=O) groups excluding carboxylic acids is 2. The average Bonchev–Trinajstić information content (AvgIpc) is 2.98. The molecule has 0 saturated carbocycles. The van der Waals surface area contributed by atoms with Crippen LogP contribution >= 0.6 is 0 Å². The Hall–Kier alpha value is -4.43. The lowest BCUT2D eigenvalue weighted by atomic mass is 9.80. The summed E-state index contributed by atoms with van der Waals surface area (Å²) >= 11 is 0. The largest absolute Gasteiger partial charge is 0.491 e. The number of nitro benzene ring substituents is 1. The van der Waals surface area contributed by atoms with E-state index in [1.165, 1.54) is 19.1 Å². The number of esters is 2. The van der Waals surface area contributed by atoms with Crippen LogP contribution in [0.15, 0.2) is 77.1 Å². The second kappa shape index (κ2) is 15.2. The maximum Gasteiger partial charge on any atom is 0.431 e. The van der Waals surface area contributed by atoms with Gasteiger partial charge < -0.3 is 30.0 Å². The van der Waals surface area contributed by atoms with E-state index in [0.29, 0.717) is 25.1 Å². The number of hydrogen-bond acceptors (Lipinski definition) is 10. The molecule has 0 amide bonds. The normalized spacial score (nSPS) is 15.9. The minimum Gasteiger partial charge on any atom is -0.491 e. The fourth-order valence-electron chi connectivity index (χ4n) is 4.43. The maximum atomic E-state index is 14.0. The maximum absolute atomic E-state index is 14.0. The minimum absolute atomic E-state index is 0.0943. The molecule has 1 aliphatic rings. The number of benzene rings is 2. The highest BCUT2D eigenvalue weighted by Crippen LogP contribution is 2.43. The summed E-state index contributed by atoms with van der Waals surface area (Å²) in [5, 5.41) is 26.6. The molecule has 14 heteroatoms. The van der Waals surface area contributed by atoms with Crippen molar-refractivity contribution in [2.45, 2.75) is 38.0 Å². The summed E-state index contributed by atoms with van der Waals surface area (Å²) in [5.74, 6) is -3.38. The zero-order valence-corrected chi connectivity index (χ0v) is 23.5. The second-order valence-electron chi connectivity index (χ2n) is 9.55. The smallest absolute Gasteiger partial charge is 0.431 e. The van der Waals surface area contributed by atoms with Crippen molar-refractivity contribution in [3.05, 3.63) is 92.8 Å². The summed E-state index contributed by atoms with van der Waals surface area (Å²) in [7, 11) is 0.889. The number of aliphatic hydroxyl groups excluding tert-OH is 1. The molecular formula is C29H32F3N3O8. The van der Waals surface area contributed by atoms with E-state index in [0.717, 1.165) is 19.2 Å². The van der Waals surface area contributed by atoms with Crippen LogP contribution in [0.2, 0.25) is 0 Å². The number of hydrogen-bond donors (Lipinski definition) is 3.